The van der Waals surface area contributed by atoms with Crippen molar-refractivity contribution in [3.63, 3.8) is 0 Å². The smallest absolute Gasteiger partial charge is 0.134 e. The van der Waals surface area contributed by atoms with E-state index < -0.39 is 0 Å². The van der Waals surface area contributed by atoms with Gasteiger partial charge in [0, 0.05) is 12.6 Å². The lowest BCUT2D eigenvalue weighted by molar-refractivity contribution is -0.136. The van der Waals surface area contributed by atoms with Gasteiger partial charge in [-0.1, -0.05) is 13.3 Å². The van der Waals surface area contributed by atoms with Crippen LogP contribution in [0.5, 0.6) is 0 Å². The van der Waals surface area contributed by atoms with Crippen molar-refractivity contribution in [1.82, 2.24) is 5.32 Å². The van der Waals surface area contributed by atoms with Crippen LogP contribution in [0.4, 0.5) is 0 Å². The van der Waals surface area contributed by atoms with Crippen molar-refractivity contribution in [1.29, 1.82) is 0 Å². The zero-order valence-electron chi connectivity index (χ0n) is 10.3. The number of morpholine rings is 1. The third-order valence-corrected chi connectivity index (χ3v) is 3.27. The van der Waals surface area contributed by atoms with Gasteiger partial charge in [0.2, 0.25) is 0 Å². The van der Waals surface area contributed by atoms with E-state index in [0.29, 0.717) is 6.04 Å². The van der Waals surface area contributed by atoms with Gasteiger partial charge in [-0.3, -0.25) is 0 Å². The average Bonchev–Trinajstić information content (AvgIpc) is 2.76. The fourth-order valence-corrected chi connectivity index (χ4v) is 2.37. The molecule has 0 radical (unpaired) electrons. The molecular weight excluding hydrogens is 202 g/mol. The minimum atomic E-state index is -0.0707. The second-order valence-electron chi connectivity index (χ2n) is 4.92. The lowest BCUT2D eigenvalue weighted by Crippen LogP contribution is -2.53. The molecule has 0 amide bonds. The number of hydrogen-bond donors (Lipinski definition) is 1. The number of nitrogens with one attached hydrogen (secondary N) is 1. The van der Waals surface area contributed by atoms with Crippen LogP contribution >= 0.6 is 0 Å². The molecule has 1 N–H and O–H groups in total. The highest BCUT2D eigenvalue weighted by atomic mass is 16.5. The standard InChI is InChI=1S/C13H21NO2/c1-4-7-13(3)9-14-10(2)12(16-13)11-6-5-8-15-11/h5-6,8,10,12,14H,4,7,9H2,1-3H3. The van der Waals surface area contributed by atoms with Crippen molar-refractivity contribution < 1.29 is 9.15 Å². The van der Waals surface area contributed by atoms with E-state index in [-0.39, 0.29) is 11.7 Å². The van der Waals surface area contributed by atoms with Gasteiger partial charge in [-0.05, 0) is 32.4 Å². The molecule has 1 aromatic rings. The summed E-state index contributed by atoms with van der Waals surface area (Å²) in [6, 6.07) is 4.20. The Balaban J connectivity index is 2.12. The van der Waals surface area contributed by atoms with Gasteiger partial charge < -0.3 is 14.5 Å². The zero-order valence-corrected chi connectivity index (χ0v) is 10.3. The number of rotatable bonds is 3. The van der Waals surface area contributed by atoms with Crippen molar-refractivity contribution >= 4 is 0 Å². The first kappa shape index (κ1) is 11.7. The van der Waals surface area contributed by atoms with E-state index in [1.807, 2.05) is 12.1 Å². The van der Waals surface area contributed by atoms with E-state index >= 15 is 0 Å². The van der Waals surface area contributed by atoms with Gasteiger partial charge in [0.25, 0.3) is 0 Å². The fourth-order valence-electron chi connectivity index (χ4n) is 2.37. The molecule has 1 aromatic heterocycles. The summed E-state index contributed by atoms with van der Waals surface area (Å²) in [7, 11) is 0. The van der Waals surface area contributed by atoms with Crippen LogP contribution in [-0.2, 0) is 4.74 Å². The highest BCUT2D eigenvalue weighted by Gasteiger charge is 2.37. The van der Waals surface area contributed by atoms with Gasteiger partial charge >= 0.3 is 0 Å². The molecule has 1 fully saturated rings. The monoisotopic (exact) mass is 223 g/mol. The molecule has 3 heteroatoms. The maximum atomic E-state index is 6.21. The number of furan rings is 1. The second kappa shape index (κ2) is 4.60. The Morgan fingerprint density at radius 2 is 2.38 bits per heavy atom. The molecule has 16 heavy (non-hydrogen) atoms. The van der Waals surface area contributed by atoms with Crippen LogP contribution in [0.25, 0.3) is 0 Å². The Morgan fingerprint density at radius 3 is 3.00 bits per heavy atom. The Hall–Kier alpha value is -0.800. The van der Waals surface area contributed by atoms with Crippen LogP contribution in [0.3, 0.4) is 0 Å². The van der Waals surface area contributed by atoms with E-state index in [2.05, 4.69) is 26.1 Å². The minimum Gasteiger partial charge on any atom is -0.467 e. The van der Waals surface area contributed by atoms with Gasteiger partial charge in [-0.2, -0.15) is 0 Å². The van der Waals surface area contributed by atoms with Crippen LogP contribution in [0.15, 0.2) is 22.8 Å². The maximum absolute atomic E-state index is 6.21. The molecule has 0 saturated carbocycles. The van der Waals surface area contributed by atoms with Crippen molar-refractivity contribution in [3.05, 3.63) is 24.2 Å². The SMILES string of the molecule is CCCC1(C)CNC(C)C(c2ccco2)O1. The first-order valence-corrected chi connectivity index (χ1v) is 6.09. The molecule has 0 aliphatic carbocycles. The molecule has 90 valence electrons. The van der Waals surface area contributed by atoms with Crippen LogP contribution in [0.1, 0.15) is 45.5 Å². The quantitative estimate of drug-likeness (QED) is 0.855. The molecule has 0 aromatic carbocycles. The molecule has 0 bridgehead atoms. The van der Waals surface area contributed by atoms with Crippen LogP contribution in [0, 0.1) is 0 Å². The van der Waals surface area contributed by atoms with Crippen molar-refractivity contribution in [3.8, 4) is 0 Å². The van der Waals surface area contributed by atoms with Crippen molar-refractivity contribution in [2.24, 2.45) is 0 Å². The third kappa shape index (κ3) is 2.30. The first-order chi connectivity index (χ1) is 7.64. The van der Waals surface area contributed by atoms with Crippen LogP contribution in [0.2, 0.25) is 0 Å². The lowest BCUT2D eigenvalue weighted by atomic mass is 9.95. The van der Waals surface area contributed by atoms with E-state index in [9.17, 15) is 0 Å². The predicted molar refractivity (Wildman–Crippen MR) is 63.3 cm³/mol. The lowest BCUT2D eigenvalue weighted by Gasteiger charge is -2.42. The molecule has 2 rings (SSSR count). The fraction of sp³-hybridized carbons (Fsp3) is 0.692. The number of hydrogen-bond acceptors (Lipinski definition) is 3. The topological polar surface area (TPSA) is 34.4 Å². The summed E-state index contributed by atoms with van der Waals surface area (Å²) in [5.41, 5.74) is -0.0707. The average molecular weight is 223 g/mol. The van der Waals surface area contributed by atoms with E-state index in [0.717, 1.165) is 25.1 Å². The normalized spacial score (nSPS) is 35.2. The van der Waals surface area contributed by atoms with Gasteiger partial charge in [0.05, 0.1) is 11.9 Å². The van der Waals surface area contributed by atoms with Crippen LogP contribution in [-0.4, -0.2) is 18.2 Å². The molecule has 3 nitrogen and oxygen atoms in total. The maximum Gasteiger partial charge on any atom is 0.134 e. The molecule has 0 spiro atoms. The summed E-state index contributed by atoms with van der Waals surface area (Å²) < 4.78 is 11.7. The highest BCUT2D eigenvalue weighted by molar-refractivity contribution is 5.07. The molecule has 3 atom stereocenters. The Labute approximate surface area is 97.2 Å². The largest absolute Gasteiger partial charge is 0.467 e. The Morgan fingerprint density at radius 1 is 1.56 bits per heavy atom. The molecule has 1 saturated heterocycles. The molecule has 3 unspecified atom stereocenters. The summed E-state index contributed by atoms with van der Waals surface area (Å²) in [4.78, 5) is 0. The predicted octanol–water partition coefficient (Wildman–Crippen LogP) is 2.89. The Kier molecular flexibility index (Phi) is 3.36. The van der Waals surface area contributed by atoms with Gasteiger partial charge in [0.1, 0.15) is 11.9 Å². The molecular formula is C13H21NO2. The third-order valence-electron chi connectivity index (χ3n) is 3.27. The highest BCUT2D eigenvalue weighted by Crippen LogP contribution is 2.33. The van der Waals surface area contributed by atoms with E-state index in [1.165, 1.54) is 0 Å². The van der Waals surface area contributed by atoms with E-state index in [4.69, 9.17) is 9.15 Å². The van der Waals surface area contributed by atoms with Crippen molar-refractivity contribution in [2.75, 3.05) is 6.54 Å². The van der Waals surface area contributed by atoms with Gasteiger partial charge in [-0.25, -0.2) is 0 Å². The molecule has 2 heterocycles. The number of ether oxygens (including phenoxy) is 1. The van der Waals surface area contributed by atoms with Gasteiger partial charge in [-0.15, -0.1) is 0 Å². The summed E-state index contributed by atoms with van der Waals surface area (Å²) >= 11 is 0. The van der Waals surface area contributed by atoms with Crippen molar-refractivity contribution in [2.45, 2.75) is 51.4 Å². The van der Waals surface area contributed by atoms with Gasteiger partial charge in [0.15, 0.2) is 0 Å². The summed E-state index contributed by atoms with van der Waals surface area (Å²) in [6.07, 6.45) is 3.94. The summed E-state index contributed by atoms with van der Waals surface area (Å²) in [5, 5.41) is 3.51. The van der Waals surface area contributed by atoms with Crippen LogP contribution < -0.4 is 5.32 Å². The minimum absolute atomic E-state index is 0.0281. The molecule has 1 aliphatic heterocycles. The van der Waals surface area contributed by atoms with E-state index in [1.54, 1.807) is 6.26 Å². The summed E-state index contributed by atoms with van der Waals surface area (Å²) in [5.74, 6) is 0.919. The molecule has 1 aliphatic rings. The Bertz CT molecular complexity index is 323. The zero-order chi connectivity index (χ0) is 11.6. The first-order valence-electron chi connectivity index (χ1n) is 6.09. The second-order valence-corrected chi connectivity index (χ2v) is 4.92. The summed E-state index contributed by atoms with van der Waals surface area (Å²) in [6.45, 7) is 7.41.